The normalized spacial score (nSPS) is 19.1. The van der Waals surface area contributed by atoms with Gasteiger partial charge in [-0.15, -0.1) is 11.3 Å². The Morgan fingerprint density at radius 1 is 0.614 bits per heavy atom. The van der Waals surface area contributed by atoms with E-state index < -0.39 is 0 Å². The standard InChI is InChI=1S/C42H29NS/c1-2-9-33(10-3-1)43(38-25-21-32-19-18-30-7-6-8-31-20-24-36(38)42(32)41(30)31)34-22-15-28(16-23-34)13-14-29-17-26-40-37(27-29)35-11-4-5-12-39(35)44-40/h1-27,36,42H/b14-13+/i13D,14D. The first-order valence-electron chi connectivity index (χ1n) is 16.1. The van der Waals surface area contributed by atoms with Crippen molar-refractivity contribution in [2.75, 3.05) is 4.90 Å². The Morgan fingerprint density at radius 2 is 1.34 bits per heavy atom. The van der Waals surface area contributed by atoms with Crippen molar-refractivity contribution in [3.63, 3.8) is 0 Å². The summed E-state index contributed by atoms with van der Waals surface area (Å²) in [7, 11) is 0. The van der Waals surface area contributed by atoms with E-state index in [0.29, 0.717) is 0 Å². The molecule has 0 N–H and O–H groups in total. The van der Waals surface area contributed by atoms with Crippen molar-refractivity contribution in [2.24, 2.45) is 5.92 Å². The van der Waals surface area contributed by atoms with E-state index in [4.69, 9.17) is 2.74 Å². The number of thiophene rings is 1. The van der Waals surface area contributed by atoms with E-state index in [1.165, 1.54) is 42.7 Å². The van der Waals surface area contributed by atoms with Gasteiger partial charge in [0.2, 0.25) is 0 Å². The van der Waals surface area contributed by atoms with Crippen LogP contribution < -0.4 is 4.90 Å². The monoisotopic (exact) mass is 581 g/mol. The second kappa shape index (κ2) is 10.2. The van der Waals surface area contributed by atoms with Crippen LogP contribution in [0.1, 0.15) is 36.5 Å². The molecule has 0 fully saturated rings. The van der Waals surface area contributed by atoms with Gasteiger partial charge < -0.3 is 4.90 Å². The van der Waals surface area contributed by atoms with Gasteiger partial charge in [0.15, 0.2) is 0 Å². The lowest BCUT2D eigenvalue weighted by Gasteiger charge is -2.42. The Morgan fingerprint density at radius 3 is 2.23 bits per heavy atom. The summed E-state index contributed by atoms with van der Waals surface area (Å²) in [5, 5.41) is 2.34. The number of fused-ring (bicyclic) bond motifs is 3. The average molecular weight is 582 g/mol. The van der Waals surface area contributed by atoms with Gasteiger partial charge in [-0.3, -0.25) is 0 Å². The fourth-order valence-corrected chi connectivity index (χ4v) is 8.11. The molecular weight excluding hydrogens is 551 g/mol. The summed E-state index contributed by atoms with van der Waals surface area (Å²) in [6.45, 7) is 0. The predicted molar refractivity (Wildman–Crippen MR) is 190 cm³/mol. The minimum absolute atomic E-state index is 0.188. The Balaban J connectivity index is 1.10. The first kappa shape index (κ1) is 23.3. The van der Waals surface area contributed by atoms with Gasteiger partial charge in [0.1, 0.15) is 0 Å². The molecule has 0 saturated heterocycles. The Bertz CT molecular complexity index is 2340. The van der Waals surface area contributed by atoms with E-state index in [9.17, 15) is 0 Å². The number of benzene rings is 5. The molecule has 2 heteroatoms. The fraction of sp³-hybridized carbons (Fsp3) is 0.0476. The molecule has 2 atom stereocenters. The molecule has 0 aliphatic heterocycles. The maximum absolute atomic E-state index is 9.01. The molecule has 1 heterocycles. The van der Waals surface area contributed by atoms with Gasteiger partial charge in [-0.25, -0.2) is 0 Å². The lowest BCUT2D eigenvalue weighted by molar-refractivity contribution is 0.619. The maximum atomic E-state index is 9.01. The van der Waals surface area contributed by atoms with Crippen molar-refractivity contribution in [1.29, 1.82) is 0 Å². The Hall–Kier alpha value is -5.18. The van der Waals surface area contributed by atoms with Crippen LogP contribution in [0.3, 0.4) is 0 Å². The van der Waals surface area contributed by atoms with Crippen LogP contribution in [-0.2, 0) is 0 Å². The molecule has 1 nitrogen and oxygen atoms in total. The number of rotatable bonds is 5. The molecule has 0 bridgehead atoms. The summed E-state index contributed by atoms with van der Waals surface area (Å²) >= 11 is 1.76. The van der Waals surface area contributed by atoms with Gasteiger partial charge in [0.05, 0.1) is 2.74 Å². The minimum Gasteiger partial charge on any atom is -0.314 e. The first-order valence-corrected chi connectivity index (χ1v) is 15.9. The van der Waals surface area contributed by atoms with E-state index in [1.807, 2.05) is 18.2 Å². The third-order valence-corrected chi connectivity index (χ3v) is 10.2. The molecule has 0 amide bonds. The van der Waals surface area contributed by atoms with Crippen LogP contribution >= 0.6 is 11.3 Å². The molecule has 6 aromatic rings. The lowest BCUT2D eigenvalue weighted by Crippen LogP contribution is -2.31. The predicted octanol–water partition coefficient (Wildman–Crippen LogP) is 11.6. The lowest BCUT2D eigenvalue weighted by atomic mass is 9.67. The first-order chi connectivity index (χ1) is 22.6. The third kappa shape index (κ3) is 4.14. The Kier molecular flexibility index (Phi) is 5.41. The second-order valence-electron chi connectivity index (χ2n) is 11.6. The summed E-state index contributed by atoms with van der Waals surface area (Å²) in [5.41, 5.74) is 10.2. The van der Waals surface area contributed by atoms with Crippen molar-refractivity contribution in [2.45, 2.75) is 5.92 Å². The SMILES string of the molecule is [2H]/C(=C(/[2H])c1ccc2sc3ccccc3c2c1)c1ccc(N(C2=CC=C3C=Cc4cccc5c4C3C2C=C5)c2ccccc2)cc1. The largest absolute Gasteiger partial charge is 0.314 e. The fourth-order valence-electron chi connectivity index (χ4n) is 7.02. The van der Waals surface area contributed by atoms with Crippen LogP contribution in [-0.4, -0.2) is 0 Å². The topological polar surface area (TPSA) is 3.24 Å². The van der Waals surface area contributed by atoms with Crippen LogP contribution in [0, 0.1) is 5.92 Å². The highest BCUT2D eigenvalue weighted by atomic mass is 32.1. The summed E-state index contributed by atoms with van der Waals surface area (Å²) in [5.74, 6) is 0.464. The number of hydrogen-bond acceptors (Lipinski definition) is 2. The zero-order valence-electron chi connectivity index (χ0n) is 25.9. The van der Waals surface area contributed by atoms with E-state index in [0.717, 1.165) is 27.9 Å². The Labute approximate surface area is 264 Å². The van der Waals surface area contributed by atoms with Crippen LogP contribution in [0.5, 0.6) is 0 Å². The van der Waals surface area contributed by atoms with E-state index >= 15 is 0 Å². The van der Waals surface area contributed by atoms with Crippen LogP contribution in [0.25, 0.3) is 44.4 Å². The highest BCUT2D eigenvalue weighted by molar-refractivity contribution is 7.25. The van der Waals surface area contributed by atoms with E-state index in [-0.39, 0.29) is 23.9 Å². The molecule has 208 valence electrons. The number of para-hydroxylation sites is 1. The van der Waals surface area contributed by atoms with Gasteiger partial charge in [0.25, 0.3) is 0 Å². The summed E-state index contributed by atoms with van der Waals surface area (Å²) < 4.78 is 20.4. The average Bonchev–Trinajstić information content (AvgIpc) is 3.49. The van der Waals surface area contributed by atoms with Gasteiger partial charge in [-0.05, 0) is 81.9 Å². The minimum atomic E-state index is 0.188. The van der Waals surface area contributed by atoms with Gasteiger partial charge in [0, 0.05) is 49.1 Å². The second-order valence-corrected chi connectivity index (χ2v) is 12.7. The zero-order valence-corrected chi connectivity index (χ0v) is 24.8. The van der Waals surface area contributed by atoms with Crippen molar-refractivity contribution < 1.29 is 2.74 Å². The molecule has 2 unspecified atom stereocenters. The molecule has 3 aliphatic carbocycles. The van der Waals surface area contributed by atoms with Gasteiger partial charge in [-0.1, -0.05) is 115 Å². The molecular formula is C42H29NS. The zero-order chi connectivity index (χ0) is 30.8. The highest BCUT2D eigenvalue weighted by Gasteiger charge is 2.38. The summed E-state index contributed by atoms with van der Waals surface area (Å²) in [6, 6.07) is 40.2. The molecule has 0 radical (unpaired) electrons. The summed E-state index contributed by atoms with van der Waals surface area (Å²) in [4.78, 5) is 2.35. The smallest absolute Gasteiger partial charge is 0.0629 e. The van der Waals surface area contributed by atoms with Crippen molar-refractivity contribution >= 4 is 67.1 Å². The summed E-state index contributed by atoms with van der Waals surface area (Å²) in [6.07, 6.45) is 13.7. The number of anilines is 2. The highest BCUT2D eigenvalue weighted by Crippen LogP contribution is 2.51. The van der Waals surface area contributed by atoms with Crippen molar-refractivity contribution in [3.8, 4) is 0 Å². The molecule has 44 heavy (non-hydrogen) atoms. The molecule has 0 saturated carbocycles. The van der Waals surface area contributed by atoms with Crippen LogP contribution in [0.15, 0.2) is 151 Å². The molecule has 3 aliphatic rings. The number of hydrogen-bond donors (Lipinski definition) is 0. The van der Waals surface area contributed by atoms with Crippen LogP contribution in [0.2, 0.25) is 0 Å². The van der Waals surface area contributed by atoms with Crippen molar-refractivity contribution in [1.82, 2.24) is 0 Å². The maximum Gasteiger partial charge on any atom is 0.0629 e. The quantitative estimate of drug-likeness (QED) is 0.183. The van der Waals surface area contributed by atoms with E-state index in [2.05, 4.69) is 138 Å². The molecule has 0 spiro atoms. The van der Waals surface area contributed by atoms with E-state index in [1.54, 1.807) is 11.3 Å². The van der Waals surface area contributed by atoms with Crippen LogP contribution in [0.4, 0.5) is 11.4 Å². The molecule has 9 rings (SSSR count). The third-order valence-electron chi connectivity index (χ3n) is 9.06. The number of allylic oxidation sites excluding steroid dienone is 5. The van der Waals surface area contributed by atoms with Gasteiger partial charge >= 0.3 is 0 Å². The molecule has 1 aromatic heterocycles. The molecule has 5 aromatic carbocycles. The number of nitrogens with zero attached hydrogens (tertiary/aromatic N) is 1. The van der Waals surface area contributed by atoms with Gasteiger partial charge in [-0.2, -0.15) is 0 Å². The van der Waals surface area contributed by atoms with Crippen molar-refractivity contribution in [3.05, 3.63) is 179 Å².